The van der Waals surface area contributed by atoms with Crippen LogP contribution in [0.25, 0.3) is 0 Å². The van der Waals surface area contributed by atoms with E-state index < -0.39 is 0 Å². The van der Waals surface area contributed by atoms with Crippen LogP contribution >= 0.6 is 0 Å². The molecule has 0 saturated carbocycles. The summed E-state index contributed by atoms with van der Waals surface area (Å²) < 4.78 is 0. The van der Waals surface area contributed by atoms with Gasteiger partial charge in [0.25, 0.3) is 5.91 Å². The van der Waals surface area contributed by atoms with Gasteiger partial charge in [-0.1, -0.05) is 12.1 Å². The van der Waals surface area contributed by atoms with Gasteiger partial charge in [-0.3, -0.25) is 4.79 Å². The van der Waals surface area contributed by atoms with Crippen LogP contribution in [0, 0.1) is 0 Å². The molecule has 22 heavy (non-hydrogen) atoms. The van der Waals surface area contributed by atoms with Crippen molar-refractivity contribution >= 4 is 17.5 Å². The van der Waals surface area contributed by atoms with Crippen LogP contribution in [0.1, 0.15) is 23.2 Å². The van der Waals surface area contributed by atoms with E-state index in [2.05, 4.69) is 20.2 Å². The van der Waals surface area contributed by atoms with Crippen molar-refractivity contribution in [1.82, 2.24) is 15.3 Å². The highest BCUT2D eigenvalue weighted by Crippen LogP contribution is 2.16. The Morgan fingerprint density at radius 2 is 2.00 bits per heavy atom. The minimum Gasteiger partial charge on any atom is -0.398 e. The highest BCUT2D eigenvalue weighted by molar-refractivity contribution is 5.99. The number of para-hydroxylation sites is 1. The van der Waals surface area contributed by atoms with E-state index >= 15 is 0 Å². The van der Waals surface area contributed by atoms with Gasteiger partial charge in [0.1, 0.15) is 0 Å². The fourth-order valence-corrected chi connectivity index (χ4v) is 2.70. The van der Waals surface area contributed by atoms with E-state index in [1.807, 2.05) is 12.1 Å². The highest BCUT2D eigenvalue weighted by atomic mass is 16.1. The number of piperidine rings is 1. The number of benzene rings is 1. The lowest BCUT2D eigenvalue weighted by Gasteiger charge is -2.33. The Kier molecular flexibility index (Phi) is 4.18. The lowest BCUT2D eigenvalue weighted by Crippen LogP contribution is -2.48. The Morgan fingerprint density at radius 1 is 1.23 bits per heavy atom. The third-order valence-electron chi connectivity index (χ3n) is 3.80. The molecule has 1 aliphatic heterocycles. The SMILES string of the molecule is Nc1ccccc1C(=O)NC1CCCN(c2ncccn2)C1. The number of nitrogen functional groups attached to an aromatic ring is 1. The van der Waals surface area contributed by atoms with Crippen molar-refractivity contribution in [2.24, 2.45) is 0 Å². The van der Waals surface area contributed by atoms with Crippen LogP contribution in [0.4, 0.5) is 11.6 Å². The van der Waals surface area contributed by atoms with Crippen molar-refractivity contribution < 1.29 is 4.79 Å². The topological polar surface area (TPSA) is 84.1 Å². The average molecular weight is 297 g/mol. The average Bonchev–Trinajstić information content (AvgIpc) is 2.56. The third-order valence-corrected chi connectivity index (χ3v) is 3.80. The predicted octanol–water partition coefficient (Wildman–Crippen LogP) is 1.46. The number of anilines is 2. The molecule has 1 unspecified atom stereocenters. The van der Waals surface area contributed by atoms with Gasteiger partial charge in [-0.05, 0) is 31.0 Å². The normalized spacial score (nSPS) is 18.0. The van der Waals surface area contributed by atoms with Crippen LogP contribution in [0.15, 0.2) is 42.7 Å². The van der Waals surface area contributed by atoms with E-state index in [1.54, 1.807) is 30.6 Å². The second-order valence-electron chi connectivity index (χ2n) is 5.39. The first-order chi connectivity index (χ1) is 10.7. The zero-order chi connectivity index (χ0) is 15.4. The molecular weight excluding hydrogens is 278 g/mol. The van der Waals surface area contributed by atoms with Crippen LogP contribution in [0.3, 0.4) is 0 Å². The van der Waals surface area contributed by atoms with Gasteiger partial charge in [-0.25, -0.2) is 9.97 Å². The van der Waals surface area contributed by atoms with Crippen molar-refractivity contribution in [3.8, 4) is 0 Å². The predicted molar refractivity (Wildman–Crippen MR) is 85.6 cm³/mol. The molecular formula is C16H19N5O. The van der Waals surface area contributed by atoms with Crippen LogP contribution in [0.5, 0.6) is 0 Å². The molecule has 0 aliphatic carbocycles. The second kappa shape index (κ2) is 6.43. The molecule has 0 spiro atoms. The van der Waals surface area contributed by atoms with Gasteiger partial charge in [0.05, 0.1) is 5.56 Å². The molecule has 1 aromatic carbocycles. The van der Waals surface area contributed by atoms with Gasteiger partial charge >= 0.3 is 0 Å². The van der Waals surface area contributed by atoms with E-state index in [9.17, 15) is 4.79 Å². The number of hydrogen-bond acceptors (Lipinski definition) is 5. The Morgan fingerprint density at radius 3 is 2.77 bits per heavy atom. The zero-order valence-corrected chi connectivity index (χ0v) is 12.3. The summed E-state index contributed by atoms with van der Waals surface area (Å²) in [5.41, 5.74) is 6.88. The van der Waals surface area contributed by atoms with E-state index in [-0.39, 0.29) is 11.9 Å². The van der Waals surface area contributed by atoms with Crippen LogP contribution < -0.4 is 16.0 Å². The maximum atomic E-state index is 12.3. The van der Waals surface area contributed by atoms with Crippen LogP contribution in [-0.2, 0) is 0 Å². The molecule has 2 aromatic rings. The van der Waals surface area contributed by atoms with Gasteiger partial charge in [0, 0.05) is 37.2 Å². The summed E-state index contributed by atoms with van der Waals surface area (Å²) in [6.45, 7) is 1.62. The van der Waals surface area contributed by atoms with Crippen LogP contribution in [0.2, 0.25) is 0 Å². The summed E-state index contributed by atoms with van der Waals surface area (Å²) in [5, 5.41) is 3.06. The smallest absolute Gasteiger partial charge is 0.253 e. The fourth-order valence-electron chi connectivity index (χ4n) is 2.70. The minimum atomic E-state index is -0.126. The number of carbonyl (C=O) groups excluding carboxylic acids is 1. The van der Waals surface area contributed by atoms with Crippen molar-refractivity contribution in [3.05, 3.63) is 48.3 Å². The monoisotopic (exact) mass is 297 g/mol. The van der Waals surface area contributed by atoms with Crippen molar-refractivity contribution in [1.29, 1.82) is 0 Å². The molecule has 1 fully saturated rings. The number of hydrogen-bond donors (Lipinski definition) is 2. The number of nitrogens with zero attached hydrogens (tertiary/aromatic N) is 3. The quantitative estimate of drug-likeness (QED) is 0.838. The molecule has 1 aliphatic rings. The van der Waals surface area contributed by atoms with E-state index in [1.165, 1.54) is 0 Å². The lowest BCUT2D eigenvalue weighted by molar-refractivity contribution is 0.0934. The largest absolute Gasteiger partial charge is 0.398 e. The Labute approximate surface area is 129 Å². The van der Waals surface area contributed by atoms with E-state index in [4.69, 9.17) is 5.73 Å². The number of amides is 1. The molecule has 3 rings (SSSR count). The maximum Gasteiger partial charge on any atom is 0.253 e. The van der Waals surface area contributed by atoms with Crippen molar-refractivity contribution in [3.63, 3.8) is 0 Å². The molecule has 1 atom stereocenters. The number of nitrogens with two attached hydrogens (primary N) is 1. The molecule has 6 nitrogen and oxygen atoms in total. The molecule has 0 bridgehead atoms. The Hall–Kier alpha value is -2.63. The molecule has 1 saturated heterocycles. The summed E-state index contributed by atoms with van der Waals surface area (Å²) >= 11 is 0. The minimum absolute atomic E-state index is 0.0738. The second-order valence-corrected chi connectivity index (χ2v) is 5.39. The first kappa shape index (κ1) is 14.3. The number of carbonyl (C=O) groups is 1. The van der Waals surface area contributed by atoms with E-state index in [0.29, 0.717) is 23.7 Å². The summed E-state index contributed by atoms with van der Waals surface area (Å²) in [6.07, 6.45) is 5.40. The van der Waals surface area contributed by atoms with Crippen LogP contribution in [-0.4, -0.2) is 35.0 Å². The Balaban J connectivity index is 1.66. The van der Waals surface area contributed by atoms with Gasteiger partial charge in [0.15, 0.2) is 0 Å². The molecule has 3 N–H and O–H groups in total. The van der Waals surface area contributed by atoms with Crippen molar-refractivity contribution in [2.45, 2.75) is 18.9 Å². The highest BCUT2D eigenvalue weighted by Gasteiger charge is 2.23. The van der Waals surface area contributed by atoms with Gasteiger partial charge in [-0.2, -0.15) is 0 Å². The first-order valence-electron chi connectivity index (χ1n) is 7.41. The maximum absolute atomic E-state index is 12.3. The summed E-state index contributed by atoms with van der Waals surface area (Å²) in [5.74, 6) is 0.583. The molecule has 2 heterocycles. The fraction of sp³-hybridized carbons (Fsp3) is 0.312. The molecule has 1 amide bonds. The molecule has 0 radical (unpaired) electrons. The van der Waals surface area contributed by atoms with E-state index in [0.717, 1.165) is 19.4 Å². The molecule has 1 aromatic heterocycles. The summed E-state index contributed by atoms with van der Waals surface area (Å²) in [4.78, 5) is 23.0. The number of aromatic nitrogens is 2. The summed E-state index contributed by atoms with van der Waals surface area (Å²) in [6, 6.07) is 8.98. The zero-order valence-electron chi connectivity index (χ0n) is 12.3. The van der Waals surface area contributed by atoms with Gasteiger partial charge in [-0.15, -0.1) is 0 Å². The molecule has 6 heteroatoms. The number of rotatable bonds is 3. The molecule has 114 valence electrons. The van der Waals surface area contributed by atoms with Gasteiger partial charge < -0.3 is 16.0 Å². The third kappa shape index (κ3) is 3.16. The number of nitrogens with one attached hydrogen (secondary N) is 1. The van der Waals surface area contributed by atoms with Crippen molar-refractivity contribution in [2.75, 3.05) is 23.7 Å². The lowest BCUT2D eigenvalue weighted by atomic mass is 10.0. The van der Waals surface area contributed by atoms with Gasteiger partial charge in [0.2, 0.25) is 5.95 Å². The standard InChI is InChI=1S/C16H19N5O/c17-14-7-2-1-6-13(14)15(22)20-12-5-3-10-21(11-12)16-18-8-4-9-19-16/h1-2,4,6-9,12H,3,5,10-11,17H2,(H,20,22). The summed E-state index contributed by atoms with van der Waals surface area (Å²) in [7, 11) is 0. The first-order valence-corrected chi connectivity index (χ1v) is 7.41. The Bertz CT molecular complexity index is 646.